The second-order valence-electron chi connectivity index (χ2n) is 5.97. The predicted octanol–water partition coefficient (Wildman–Crippen LogP) is 0.190. The molecular formula is C15H23N3O4. The van der Waals surface area contributed by atoms with Crippen molar-refractivity contribution in [1.82, 2.24) is 14.9 Å². The smallest absolute Gasteiger partial charge is 0.345 e. The average molecular weight is 309 g/mol. The molecule has 1 amide bonds. The summed E-state index contributed by atoms with van der Waals surface area (Å²) >= 11 is 0. The maximum Gasteiger partial charge on any atom is 0.345 e. The van der Waals surface area contributed by atoms with E-state index in [9.17, 15) is 14.7 Å². The second-order valence-corrected chi connectivity index (χ2v) is 5.97. The van der Waals surface area contributed by atoms with Crippen LogP contribution in [0.4, 0.5) is 0 Å². The number of hydrogen-bond acceptors (Lipinski definition) is 5. The highest BCUT2D eigenvalue weighted by Crippen LogP contribution is 2.16. The van der Waals surface area contributed by atoms with Crippen molar-refractivity contribution in [2.75, 3.05) is 19.7 Å². The third kappa shape index (κ3) is 3.92. The Balaban J connectivity index is 2.16. The lowest BCUT2D eigenvalue weighted by atomic mass is 10.1. The van der Waals surface area contributed by atoms with Gasteiger partial charge in [-0.1, -0.05) is 13.8 Å². The zero-order chi connectivity index (χ0) is 16.3. The Morgan fingerprint density at radius 1 is 1.55 bits per heavy atom. The molecule has 122 valence electrons. The Bertz CT molecular complexity index is 584. The number of nitrogens with zero attached hydrogens (tertiary/aromatic N) is 2. The number of ether oxygens (including phenoxy) is 1. The summed E-state index contributed by atoms with van der Waals surface area (Å²) in [5.41, 5.74) is 0.283. The third-order valence-electron chi connectivity index (χ3n) is 3.55. The van der Waals surface area contributed by atoms with Crippen molar-refractivity contribution >= 4 is 5.91 Å². The molecule has 0 radical (unpaired) electrons. The molecule has 0 saturated carbocycles. The first-order valence-corrected chi connectivity index (χ1v) is 7.59. The molecule has 2 N–H and O–H groups in total. The van der Waals surface area contributed by atoms with Crippen LogP contribution in [0.5, 0.6) is 0 Å². The SMILES string of the molecule is CCO[C@@H]1CN(C(=O)c2cc(CC(C)C)[nH]c(=O)n2)C[C@H]1O. The van der Waals surface area contributed by atoms with Crippen LogP contribution in [0.1, 0.15) is 37.0 Å². The topological polar surface area (TPSA) is 95.5 Å². The molecule has 1 aromatic heterocycles. The van der Waals surface area contributed by atoms with Crippen LogP contribution in [-0.4, -0.2) is 57.8 Å². The van der Waals surface area contributed by atoms with Crippen molar-refractivity contribution in [1.29, 1.82) is 0 Å². The van der Waals surface area contributed by atoms with Crippen molar-refractivity contribution in [3.8, 4) is 0 Å². The minimum atomic E-state index is -0.707. The van der Waals surface area contributed by atoms with Crippen LogP contribution in [0.25, 0.3) is 0 Å². The van der Waals surface area contributed by atoms with Crippen molar-refractivity contribution in [2.45, 2.75) is 39.4 Å². The van der Waals surface area contributed by atoms with Gasteiger partial charge in [0.25, 0.3) is 5.91 Å². The van der Waals surface area contributed by atoms with E-state index in [1.54, 1.807) is 6.07 Å². The van der Waals surface area contributed by atoms with Crippen LogP contribution in [0.15, 0.2) is 10.9 Å². The summed E-state index contributed by atoms with van der Waals surface area (Å²) in [5, 5.41) is 9.91. The van der Waals surface area contributed by atoms with Gasteiger partial charge in [0, 0.05) is 25.4 Å². The molecule has 7 nitrogen and oxygen atoms in total. The number of hydrogen-bond donors (Lipinski definition) is 2. The molecule has 7 heteroatoms. The van der Waals surface area contributed by atoms with E-state index in [2.05, 4.69) is 9.97 Å². The number of aromatic nitrogens is 2. The van der Waals surface area contributed by atoms with Gasteiger partial charge >= 0.3 is 5.69 Å². The highest BCUT2D eigenvalue weighted by Gasteiger charge is 2.35. The molecule has 0 bridgehead atoms. The van der Waals surface area contributed by atoms with E-state index in [0.29, 0.717) is 31.2 Å². The van der Waals surface area contributed by atoms with Crippen molar-refractivity contribution in [3.63, 3.8) is 0 Å². The van der Waals surface area contributed by atoms with E-state index in [4.69, 9.17) is 4.74 Å². The Hall–Kier alpha value is -1.73. The fourth-order valence-corrected chi connectivity index (χ4v) is 2.63. The van der Waals surface area contributed by atoms with Crippen molar-refractivity contribution in [2.24, 2.45) is 5.92 Å². The van der Waals surface area contributed by atoms with Crippen LogP contribution in [0, 0.1) is 5.92 Å². The van der Waals surface area contributed by atoms with E-state index in [1.165, 1.54) is 4.90 Å². The average Bonchev–Trinajstić information content (AvgIpc) is 2.78. The predicted molar refractivity (Wildman–Crippen MR) is 80.7 cm³/mol. The molecule has 1 saturated heterocycles. The van der Waals surface area contributed by atoms with Crippen LogP contribution in [0.3, 0.4) is 0 Å². The van der Waals surface area contributed by atoms with Gasteiger partial charge in [-0.2, -0.15) is 4.98 Å². The van der Waals surface area contributed by atoms with E-state index < -0.39 is 11.8 Å². The van der Waals surface area contributed by atoms with Gasteiger partial charge in [-0.15, -0.1) is 0 Å². The first-order valence-electron chi connectivity index (χ1n) is 7.59. The van der Waals surface area contributed by atoms with Crippen molar-refractivity contribution in [3.05, 3.63) is 27.9 Å². The first kappa shape index (κ1) is 16.6. The summed E-state index contributed by atoms with van der Waals surface area (Å²) in [4.78, 5) is 32.0. The lowest BCUT2D eigenvalue weighted by Crippen LogP contribution is -2.32. The quantitative estimate of drug-likeness (QED) is 0.809. The number of rotatable bonds is 5. The molecule has 0 spiro atoms. The van der Waals surface area contributed by atoms with Crippen LogP contribution < -0.4 is 5.69 Å². The van der Waals surface area contributed by atoms with E-state index >= 15 is 0 Å². The number of aliphatic hydroxyl groups excluding tert-OH is 1. The van der Waals surface area contributed by atoms with Crippen molar-refractivity contribution < 1.29 is 14.6 Å². The molecule has 1 aliphatic rings. The van der Waals surface area contributed by atoms with Gasteiger partial charge in [0.1, 0.15) is 11.8 Å². The number of carbonyl (C=O) groups excluding carboxylic acids is 1. The second kappa shape index (κ2) is 7.02. The Morgan fingerprint density at radius 3 is 2.91 bits per heavy atom. The number of carbonyl (C=O) groups is 1. The molecule has 0 aliphatic carbocycles. The first-order chi connectivity index (χ1) is 10.4. The zero-order valence-electron chi connectivity index (χ0n) is 13.2. The number of aliphatic hydroxyl groups is 1. The fraction of sp³-hybridized carbons (Fsp3) is 0.667. The molecule has 2 rings (SSSR count). The molecule has 0 unspecified atom stereocenters. The Kier molecular flexibility index (Phi) is 5.31. The normalized spacial score (nSPS) is 21.6. The van der Waals surface area contributed by atoms with Gasteiger partial charge < -0.3 is 19.7 Å². The van der Waals surface area contributed by atoms with Crippen LogP contribution >= 0.6 is 0 Å². The third-order valence-corrected chi connectivity index (χ3v) is 3.55. The number of β-amino-alcohol motifs (C(OH)–C–C–N with tert-alkyl or cyclic N) is 1. The van der Waals surface area contributed by atoms with Gasteiger partial charge in [0.15, 0.2) is 0 Å². The maximum absolute atomic E-state index is 12.5. The maximum atomic E-state index is 12.5. The summed E-state index contributed by atoms with van der Waals surface area (Å²) in [6.07, 6.45) is -0.422. The highest BCUT2D eigenvalue weighted by atomic mass is 16.5. The Morgan fingerprint density at radius 2 is 2.27 bits per heavy atom. The molecule has 22 heavy (non-hydrogen) atoms. The minimum absolute atomic E-state index is 0.115. The van der Waals surface area contributed by atoms with E-state index in [-0.39, 0.29) is 24.2 Å². The van der Waals surface area contributed by atoms with Gasteiger partial charge in [0.2, 0.25) is 0 Å². The lowest BCUT2D eigenvalue weighted by molar-refractivity contribution is -0.00237. The standard InChI is InChI=1S/C15H23N3O4/c1-4-22-13-8-18(7-12(13)19)14(20)11-6-10(5-9(2)3)16-15(21)17-11/h6,9,12-13,19H,4-5,7-8H2,1-3H3,(H,16,17,21)/t12-,13-/m1/s1. The lowest BCUT2D eigenvalue weighted by Gasteiger charge is -2.16. The van der Waals surface area contributed by atoms with Gasteiger partial charge in [-0.05, 0) is 25.3 Å². The number of H-pyrrole nitrogens is 1. The summed E-state index contributed by atoms with van der Waals surface area (Å²) in [7, 11) is 0. The number of likely N-dealkylation sites (tertiary alicyclic amines) is 1. The van der Waals surface area contributed by atoms with Gasteiger partial charge in [-0.25, -0.2) is 4.79 Å². The van der Waals surface area contributed by atoms with Gasteiger partial charge in [0.05, 0.1) is 6.10 Å². The minimum Gasteiger partial charge on any atom is -0.388 e. The number of aromatic amines is 1. The summed E-state index contributed by atoms with van der Waals surface area (Å²) in [6.45, 7) is 6.88. The zero-order valence-corrected chi connectivity index (χ0v) is 13.2. The molecule has 1 aliphatic heterocycles. The Labute approximate surface area is 129 Å². The number of nitrogens with one attached hydrogen (secondary N) is 1. The largest absolute Gasteiger partial charge is 0.388 e. The number of amides is 1. The summed E-state index contributed by atoms with van der Waals surface area (Å²) in [5.74, 6) is 0.00862. The highest BCUT2D eigenvalue weighted by molar-refractivity contribution is 5.92. The summed E-state index contributed by atoms with van der Waals surface area (Å²) in [6, 6.07) is 1.62. The van der Waals surface area contributed by atoms with Gasteiger partial charge in [-0.3, -0.25) is 4.79 Å². The van der Waals surface area contributed by atoms with E-state index in [0.717, 1.165) is 0 Å². The summed E-state index contributed by atoms with van der Waals surface area (Å²) < 4.78 is 5.40. The monoisotopic (exact) mass is 309 g/mol. The van der Waals surface area contributed by atoms with E-state index in [1.807, 2.05) is 20.8 Å². The molecular weight excluding hydrogens is 286 g/mol. The molecule has 2 atom stereocenters. The molecule has 0 aromatic carbocycles. The fourth-order valence-electron chi connectivity index (χ4n) is 2.63. The molecule has 1 aromatic rings. The molecule has 1 fully saturated rings. The van der Waals surface area contributed by atoms with Crippen LogP contribution in [0.2, 0.25) is 0 Å². The molecule has 2 heterocycles. The van der Waals surface area contributed by atoms with Crippen LogP contribution in [-0.2, 0) is 11.2 Å².